The Labute approximate surface area is 114 Å². The van der Waals surface area contributed by atoms with E-state index >= 15 is 0 Å². The highest BCUT2D eigenvalue weighted by atomic mass is 19.1. The largest absolute Gasteiger partial charge is 0.373 e. The molecule has 0 aliphatic heterocycles. The quantitative estimate of drug-likeness (QED) is 0.769. The zero-order chi connectivity index (χ0) is 13.7. The van der Waals surface area contributed by atoms with Gasteiger partial charge in [0.2, 0.25) is 0 Å². The van der Waals surface area contributed by atoms with Crippen LogP contribution in [0.1, 0.15) is 29.7 Å². The van der Waals surface area contributed by atoms with Gasteiger partial charge in [0.05, 0.1) is 6.10 Å². The van der Waals surface area contributed by atoms with Crippen molar-refractivity contribution in [2.24, 2.45) is 0 Å². The van der Waals surface area contributed by atoms with Gasteiger partial charge in [-0.3, -0.25) is 0 Å². The Kier molecular flexibility index (Phi) is 4.69. The lowest BCUT2D eigenvalue weighted by Crippen LogP contribution is -2.09. The lowest BCUT2D eigenvalue weighted by molar-refractivity contribution is 0.0622. The molecular weight excluding hydrogens is 239 g/mol. The minimum absolute atomic E-state index is 0.0949. The Morgan fingerprint density at radius 1 is 1.11 bits per heavy atom. The molecule has 2 aromatic carbocycles. The van der Waals surface area contributed by atoms with Crippen molar-refractivity contribution >= 4 is 0 Å². The van der Waals surface area contributed by atoms with Crippen molar-refractivity contribution in [3.8, 4) is 0 Å². The van der Waals surface area contributed by atoms with E-state index in [0.717, 1.165) is 11.1 Å². The van der Waals surface area contributed by atoms with Crippen molar-refractivity contribution in [3.05, 3.63) is 71.0 Å². The van der Waals surface area contributed by atoms with Gasteiger partial charge in [-0.15, -0.1) is 0 Å². The Bertz CT molecular complexity index is 522. The Balaban J connectivity index is 2.24. The molecule has 0 saturated heterocycles. The topological polar surface area (TPSA) is 9.23 Å². The van der Waals surface area contributed by atoms with E-state index in [1.54, 1.807) is 6.07 Å². The Hall–Kier alpha value is -1.67. The van der Waals surface area contributed by atoms with Crippen LogP contribution in [-0.2, 0) is 11.2 Å². The third-order valence-corrected chi connectivity index (χ3v) is 3.15. The maximum absolute atomic E-state index is 13.8. The molecule has 1 nitrogen and oxygen atoms in total. The number of ether oxygens (including phenoxy) is 1. The molecule has 100 valence electrons. The van der Waals surface area contributed by atoms with E-state index in [1.165, 1.54) is 6.07 Å². The molecule has 0 fully saturated rings. The fraction of sp³-hybridized carbons (Fsp3) is 0.294. The van der Waals surface area contributed by atoms with E-state index in [4.69, 9.17) is 4.74 Å². The van der Waals surface area contributed by atoms with Gasteiger partial charge >= 0.3 is 0 Å². The average Bonchev–Trinajstić information content (AvgIpc) is 2.43. The van der Waals surface area contributed by atoms with Crippen molar-refractivity contribution in [2.45, 2.75) is 26.4 Å². The minimum atomic E-state index is -0.161. The van der Waals surface area contributed by atoms with Gasteiger partial charge in [0.15, 0.2) is 0 Å². The maximum Gasteiger partial charge on any atom is 0.126 e. The Morgan fingerprint density at radius 2 is 1.84 bits per heavy atom. The van der Waals surface area contributed by atoms with Crippen LogP contribution in [0.25, 0.3) is 0 Å². The summed E-state index contributed by atoms with van der Waals surface area (Å²) in [4.78, 5) is 0. The molecule has 0 spiro atoms. The Morgan fingerprint density at radius 3 is 2.53 bits per heavy atom. The monoisotopic (exact) mass is 258 g/mol. The van der Waals surface area contributed by atoms with E-state index in [1.807, 2.05) is 50.2 Å². The molecule has 0 saturated carbocycles. The molecule has 0 bridgehead atoms. The molecule has 2 aromatic rings. The highest BCUT2D eigenvalue weighted by Gasteiger charge is 2.14. The van der Waals surface area contributed by atoms with Gasteiger partial charge in [-0.1, -0.05) is 48.0 Å². The summed E-state index contributed by atoms with van der Waals surface area (Å²) in [5, 5.41) is 0. The first-order chi connectivity index (χ1) is 9.20. The predicted octanol–water partition coefficient (Wildman–Crippen LogP) is 4.45. The van der Waals surface area contributed by atoms with Crippen LogP contribution in [0.3, 0.4) is 0 Å². The van der Waals surface area contributed by atoms with Crippen LogP contribution in [0, 0.1) is 12.7 Å². The first kappa shape index (κ1) is 13.8. The van der Waals surface area contributed by atoms with E-state index in [0.29, 0.717) is 18.6 Å². The highest BCUT2D eigenvalue weighted by Crippen LogP contribution is 2.24. The van der Waals surface area contributed by atoms with Gasteiger partial charge in [0.25, 0.3) is 0 Å². The van der Waals surface area contributed by atoms with Gasteiger partial charge < -0.3 is 4.74 Å². The summed E-state index contributed by atoms with van der Waals surface area (Å²) in [5.41, 5.74) is 2.87. The average molecular weight is 258 g/mol. The van der Waals surface area contributed by atoms with E-state index in [2.05, 4.69) is 0 Å². The second-order valence-electron chi connectivity index (χ2n) is 4.65. The molecule has 0 heterocycles. The predicted molar refractivity (Wildman–Crippen MR) is 75.7 cm³/mol. The second-order valence-corrected chi connectivity index (χ2v) is 4.65. The van der Waals surface area contributed by atoms with Gasteiger partial charge in [-0.2, -0.15) is 0 Å². The lowest BCUT2D eigenvalue weighted by Gasteiger charge is -2.18. The smallest absolute Gasteiger partial charge is 0.126 e. The lowest BCUT2D eigenvalue weighted by atomic mass is 9.99. The summed E-state index contributed by atoms with van der Waals surface area (Å²) in [6, 6.07) is 15.2. The molecule has 0 amide bonds. The summed E-state index contributed by atoms with van der Waals surface area (Å²) < 4.78 is 19.6. The van der Waals surface area contributed by atoms with E-state index < -0.39 is 0 Å². The number of benzene rings is 2. The molecule has 19 heavy (non-hydrogen) atoms. The number of hydrogen-bond acceptors (Lipinski definition) is 1. The van der Waals surface area contributed by atoms with Crippen LogP contribution < -0.4 is 0 Å². The minimum Gasteiger partial charge on any atom is -0.373 e. The number of aryl methyl sites for hydroxylation is 1. The van der Waals surface area contributed by atoms with Crippen molar-refractivity contribution in [2.75, 3.05) is 6.61 Å². The van der Waals surface area contributed by atoms with Crippen LogP contribution in [-0.4, -0.2) is 6.61 Å². The van der Waals surface area contributed by atoms with E-state index in [-0.39, 0.29) is 11.9 Å². The summed E-state index contributed by atoms with van der Waals surface area (Å²) in [6.07, 6.45) is 0.466. The summed E-state index contributed by atoms with van der Waals surface area (Å²) >= 11 is 0. The third kappa shape index (κ3) is 3.65. The molecule has 0 aliphatic rings. The van der Waals surface area contributed by atoms with Crippen LogP contribution in [0.15, 0.2) is 48.5 Å². The molecule has 0 N–H and O–H groups in total. The molecule has 0 aromatic heterocycles. The van der Waals surface area contributed by atoms with Gasteiger partial charge in [0, 0.05) is 13.0 Å². The van der Waals surface area contributed by atoms with Crippen LogP contribution in [0.2, 0.25) is 0 Å². The maximum atomic E-state index is 13.8. The van der Waals surface area contributed by atoms with Crippen molar-refractivity contribution < 1.29 is 9.13 Å². The molecule has 2 heteroatoms. The van der Waals surface area contributed by atoms with Crippen molar-refractivity contribution in [3.63, 3.8) is 0 Å². The zero-order valence-corrected chi connectivity index (χ0v) is 11.4. The van der Waals surface area contributed by atoms with Gasteiger partial charge in [-0.25, -0.2) is 4.39 Å². The number of rotatable bonds is 5. The number of halogens is 1. The summed E-state index contributed by atoms with van der Waals surface area (Å²) in [5.74, 6) is -0.161. The van der Waals surface area contributed by atoms with E-state index in [9.17, 15) is 4.39 Å². The van der Waals surface area contributed by atoms with Gasteiger partial charge in [0.1, 0.15) is 5.82 Å². The van der Waals surface area contributed by atoms with Gasteiger partial charge in [-0.05, 0) is 31.0 Å². The van der Waals surface area contributed by atoms with Crippen LogP contribution in [0.5, 0.6) is 0 Å². The number of hydrogen-bond donors (Lipinski definition) is 0. The molecule has 0 aliphatic carbocycles. The van der Waals surface area contributed by atoms with Crippen LogP contribution >= 0.6 is 0 Å². The molecular formula is C17H19FO. The first-order valence-corrected chi connectivity index (χ1v) is 6.62. The van der Waals surface area contributed by atoms with Crippen LogP contribution in [0.4, 0.5) is 4.39 Å². The summed E-state index contributed by atoms with van der Waals surface area (Å²) in [7, 11) is 0. The fourth-order valence-electron chi connectivity index (χ4n) is 2.20. The SMILES string of the molecule is CCOC(Cc1cc(C)ccc1F)c1ccccc1. The zero-order valence-electron chi connectivity index (χ0n) is 11.4. The first-order valence-electron chi connectivity index (χ1n) is 6.62. The second kappa shape index (κ2) is 6.48. The molecule has 2 rings (SSSR count). The molecule has 0 radical (unpaired) electrons. The van der Waals surface area contributed by atoms with Crippen molar-refractivity contribution in [1.29, 1.82) is 0 Å². The standard InChI is InChI=1S/C17H19FO/c1-3-19-17(14-7-5-4-6-8-14)12-15-11-13(2)9-10-16(15)18/h4-11,17H,3,12H2,1-2H3. The normalized spacial score (nSPS) is 12.4. The summed E-state index contributed by atoms with van der Waals surface area (Å²) in [6.45, 7) is 4.55. The molecule has 1 atom stereocenters. The highest BCUT2D eigenvalue weighted by molar-refractivity contribution is 5.27. The van der Waals surface area contributed by atoms with Crippen molar-refractivity contribution in [1.82, 2.24) is 0 Å². The molecule has 1 unspecified atom stereocenters. The third-order valence-electron chi connectivity index (χ3n) is 3.15. The fourth-order valence-corrected chi connectivity index (χ4v) is 2.20.